The van der Waals surface area contributed by atoms with E-state index in [4.69, 9.17) is 9.47 Å². The van der Waals surface area contributed by atoms with Crippen LogP contribution in [-0.4, -0.2) is 19.7 Å². The molecule has 0 atom stereocenters. The molecule has 0 aromatic heterocycles. The van der Waals surface area contributed by atoms with Gasteiger partial charge in [0.25, 0.3) is 0 Å². The van der Waals surface area contributed by atoms with Crippen LogP contribution in [0.5, 0.6) is 5.75 Å². The summed E-state index contributed by atoms with van der Waals surface area (Å²) in [6.45, 7) is 7.94. The monoisotopic (exact) mass is 424 g/mol. The van der Waals surface area contributed by atoms with Gasteiger partial charge in [0, 0.05) is 22.5 Å². The van der Waals surface area contributed by atoms with Gasteiger partial charge in [0.1, 0.15) is 5.75 Å². The molecule has 0 heterocycles. The summed E-state index contributed by atoms with van der Waals surface area (Å²) in [7, 11) is 1.76. The SMILES string of the molecule is C=C(C)C(=O)OCCCC12c3ccccc3C(c3ccccc31)c1c(C)ccc(OC)c12. The van der Waals surface area contributed by atoms with Gasteiger partial charge in [0.2, 0.25) is 0 Å². The van der Waals surface area contributed by atoms with Gasteiger partial charge in [-0.2, -0.15) is 0 Å². The van der Waals surface area contributed by atoms with Crippen molar-refractivity contribution >= 4 is 5.97 Å². The second-order valence-corrected chi connectivity index (χ2v) is 8.91. The number of carbonyl (C=O) groups is 1. The van der Waals surface area contributed by atoms with Crippen molar-refractivity contribution in [3.63, 3.8) is 0 Å². The molecule has 3 nitrogen and oxygen atoms in total. The second kappa shape index (κ2) is 7.67. The van der Waals surface area contributed by atoms with E-state index in [0.717, 1.165) is 18.6 Å². The van der Waals surface area contributed by atoms with Crippen molar-refractivity contribution in [2.75, 3.05) is 13.7 Å². The standard InChI is InChI=1S/C29H28O3/c1-18(2)28(30)32-17-9-16-29-22-12-7-5-10-20(22)26(21-11-6-8-13-23(21)29)25-19(3)14-15-24(31-4)27(25)29/h5-8,10-15,26H,1,9,16-17H2,2-4H3. The van der Waals surface area contributed by atoms with Crippen LogP contribution in [0.15, 0.2) is 72.8 Å². The van der Waals surface area contributed by atoms with Gasteiger partial charge in [-0.1, -0.05) is 61.2 Å². The van der Waals surface area contributed by atoms with Crippen LogP contribution in [0, 0.1) is 6.92 Å². The average molecular weight is 425 g/mol. The molecule has 3 aliphatic rings. The summed E-state index contributed by atoms with van der Waals surface area (Å²) in [6, 6.07) is 21.9. The maximum atomic E-state index is 11.9. The zero-order valence-electron chi connectivity index (χ0n) is 18.9. The highest BCUT2D eigenvalue weighted by Crippen LogP contribution is 2.63. The molecule has 162 valence electrons. The van der Waals surface area contributed by atoms with Crippen molar-refractivity contribution in [1.82, 2.24) is 0 Å². The summed E-state index contributed by atoms with van der Waals surface area (Å²) >= 11 is 0. The first-order chi connectivity index (χ1) is 15.5. The summed E-state index contributed by atoms with van der Waals surface area (Å²) < 4.78 is 11.4. The lowest BCUT2D eigenvalue weighted by Crippen LogP contribution is -2.43. The predicted molar refractivity (Wildman–Crippen MR) is 126 cm³/mol. The van der Waals surface area contributed by atoms with E-state index >= 15 is 0 Å². The van der Waals surface area contributed by atoms with Crippen LogP contribution in [0.2, 0.25) is 0 Å². The third-order valence-corrected chi connectivity index (χ3v) is 7.10. The number of hydrogen-bond acceptors (Lipinski definition) is 3. The molecule has 0 unspecified atom stereocenters. The number of hydrogen-bond donors (Lipinski definition) is 0. The Labute approximate surface area is 189 Å². The highest BCUT2D eigenvalue weighted by molar-refractivity contribution is 5.86. The lowest BCUT2D eigenvalue weighted by Gasteiger charge is -2.51. The van der Waals surface area contributed by atoms with E-state index in [2.05, 4.69) is 74.2 Å². The van der Waals surface area contributed by atoms with E-state index in [-0.39, 0.29) is 17.3 Å². The van der Waals surface area contributed by atoms with E-state index in [1.807, 2.05) is 0 Å². The Balaban J connectivity index is 1.72. The van der Waals surface area contributed by atoms with Crippen LogP contribution in [0.3, 0.4) is 0 Å². The summed E-state index contributed by atoms with van der Waals surface area (Å²) in [5.41, 5.74) is 9.42. The molecule has 0 aliphatic heterocycles. The van der Waals surface area contributed by atoms with Crippen LogP contribution in [0.4, 0.5) is 0 Å². The molecule has 3 aromatic carbocycles. The fraction of sp³-hybridized carbons (Fsp3) is 0.276. The molecule has 0 amide bonds. The fourth-order valence-corrected chi connectivity index (χ4v) is 5.87. The molecule has 2 bridgehead atoms. The van der Waals surface area contributed by atoms with Crippen molar-refractivity contribution in [2.24, 2.45) is 0 Å². The van der Waals surface area contributed by atoms with Crippen LogP contribution in [-0.2, 0) is 14.9 Å². The van der Waals surface area contributed by atoms with Gasteiger partial charge in [-0.15, -0.1) is 0 Å². The zero-order valence-corrected chi connectivity index (χ0v) is 18.9. The van der Waals surface area contributed by atoms with Gasteiger partial charge in [-0.3, -0.25) is 0 Å². The molecular weight excluding hydrogens is 396 g/mol. The lowest BCUT2D eigenvalue weighted by molar-refractivity contribution is -0.139. The quantitative estimate of drug-likeness (QED) is 0.275. The third-order valence-electron chi connectivity index (χ3n) is 7.10. The minimum absolute atomic E-state index is 0.204. The Morgan fingerprint density at radius 1 is 1.00 bits per heavy atom. The van der Waals surface area contributed by atoms with Gasteiger partial charge in [0.15, 0.2) is 0 Å². The average Bonchev–Trinajstić information content (AvgIpc) is 2.82. The Hall–Kier alpha value is -3.33. The first kappa shape index (κ1) is 20.6. The largest absolute Gasteiger partial charge is 0.496 e. The summed E-state index contributed by atoms with van der Waals surface area (Å²) in [5.74, 6) is 0.804. The Morgan fingerprint density at radius 3 is 2.22 bits per heavy atom. The van der Waals surface area contributed by atoms with E-state index < -0.39 is 0 Å². The highest BCUT2D eigenvalue weighted by Gasteiger charge is 2.53. The summed E-state index contributed by atoms with van der Waals surface area (Å²) in [4.78, 5) is 11.9. The smallest absolute Gasteiger partial charge is 0.333 e. The number of methoxy groups -OCH3 is 1. The van der Waals surface area contributed by atoms with Crippen LogP contribution in [0.25, 0.3) is 0 Å². The van der Waals surface area contributed by atoms with E-state index in [0.29, 0.717) is 12.2 Å². The molecule has 0 fully saturated rings. The van der Waals surface area contributed by atoms with Crippen LogP contribution >= 0.6 is 0 Å². The first-order valence-electron chi connectivity index (χ1n) is 11.2. The van der Waals surface area contributed by atoms with Gasteiger partial charge in [0.05, 0.1) is 13.7 Å². The molecule has 6 rings (SSSR count). The van der Waals surface area contributed by atoms with Crippen molar-refractivity contribution in [3.8, 4) is 5.75 Å². The molecule has 0 N–H and O–H groups in total. The van der Waals surface area contributed by atoms with Gasteiger partial charge in [-0.05, 0) is 66.1 Å². The highest BCUT2D eigenvalue weighted by atomic mass is 16.5. The van der Waals surface area contributed by atoms with E-state index in [1.165, 1.54) is 38.9 Å². The normalized spacial score (nSPS) is 19.5. The van der Waals surface area contributed by atoms with Crippen molar-refractivity contribution in [3.05, 3.63) is 112 Å². The number of benzene rings is 3. The molecule has 0 saturated heterocycles. The number of ether oxygens (including phenoxy) is 2. The molecule has 0 radical (unpaired) electrons. The fourth-order valence-electron chi connectivity index (χ4n) is 5.87. The maximum Gasteiger partial charge on any atom is 0.333 e. The predicted octanol–water partition coefficient (Wildman–Crippen LogP) is 6.04. The molecule has 3 heteroatoms. The van der Waals surface area contributed by atoms with Crippen LogP contribution < -0.4 is 4.74 Å². The minimum Gasteiger partial charge on any atom is -0.496 e. The van der Waals surface area contributed by atoms with Crippen LogP contribution in [0.1, 0.15) is 64.6 Å². The molecule has 3 aromatic rings. The number of esters is 1. The molecule has 3 aliphatic carbocycles. The van der Waals surface area contributed by atoms with Gasteiger partial charge in [-0.25, -0.2) is 4.79 Å². The number of carbonyl (C=O) groups excluding carboxylic acids is 1. The minimum atomic E-state index is -0.343. The van der Waals surface area contributed by atoms with Crippen molar-refractivity contribution in [2.45, 2.75) is 38.0 Å². The van der Waals surface area contributed by atoms with Crippen molar-refractivity contribution in [1.29, 1.82) is 0 Å². The topological polar surface area (TPSA) is 35.5 Å². The number of aryl methyl sites for hydroxylation is 1. The first-order valence-corrected chi connectivity index (χ1v) is 11.2. The van der Waals surface area contributed by atoms with Crippen molar-refractivity contribution < 1.29 is 14.3 Å². The Kier molecular flexibility index (Phi) is 4.93. The lowest BCUT2D eigenvalue weighted by atomic mass is 9.51. The molecule has 32 heavy (non-hydrogen) atoms. The van der Waals surface area contributed by atoms with Gasteiger partial charge >= 0.3 is 5.97 Å². The second-order valence-electron chi connectivity index (χ2n) is 8.91. The zero-order chi connectivity index (χ0) is 22.5. The Bertz CT molecular complexity index is 1190. The van der Waals surface area contributed by atoms with E-state index in [1.54, 1.807) is 14.0 Å². The Morgan fingerprint density at radius 2 is 1.62 bits per heavy atom. The third kappa shape index (κ3) is 2.77. The molecule has 0 saturated carbocycles. The molecular formula is C29H28O3. The van der Waals surface area contributed by atoms with E-state index in [9.17, 15) is 4.79 Å². The number of rotatable bonds is 6. The summed E-state index contributed by atoms with van der Waals surface area (Å²) in [6.07, 6.45) is 1.56. The summed E-state index contributed by atoms with van der Waals surface area (Å²) in [5, 5.41) is 0. The molecule has 0 spiro atoms. The van der Waals surface area contributed by atoms with Gasteiger partial charge < -0.3 is 9.47 Å². The maximum absolute atomic E-state index is 11.9.